The van der Waals surface area contributed by atoms with Crippen LogP contribution in [0, 0.1) is 0 Å². The third kappa shape index (κ3) is 5.65. The Morgan fingerprint density at radius 1 is 1.35 bits per heavy atom. The van der Waals surface area contributed by atoms with Crippen molar-refractivity contribution in [2.75, 3.05) is 46.4 Å². The van der Waals surface area contributed by atoms with Gasteiger partial charge >= 0.3 is 6.03 Å². The Morgan fingerprint density at radius 3 is 2.62 bits per heavy atom. The summed E-state index contributed by atoms with van der Waals surface area (Å²) in [7, 11) is 1.56. The Balaban J connectivity index is 1.89. The van der Waals surface area contributed by atoms with Crippen molar-refractivity contribution in [2.24, 2.45) is 0 Å². The molecule has 1 heterocycles. The number of piperazine rings is 1. The van der Waals surface area contributed by atoms with E-state index in [0.29, 0.717) is 49.3 Å². The van der Waals surface area contributed by atoms with Crippen LogP contribution in [-0.4, -0.2) is 73.5 Å². The fraction of sp³-hybridized carbons (Fsp3) is 0.611. The number of β-amino-alcohol motifs (C(OH)–C–C–N with tert-alkyl or cyclic N) is 1. The van der Waals surface area contributed by atoms with Crippen LogP contribution in [0.1, 0.15) is 19.4 Å². The van der Waals surface area contributed by atoms with E-state index in [2.05, 4.69) is 10.2 Å². The predicted octanol–water partition coefficient (Wildman–Crippen LogP) is 1.96. The standard InChI is InChI=1S/C18H28ClN3O4/c1-4-26-17-15(19)9-14(10-16(17)25-3)11-20-18(24)22-7-5-21(6-8-22)12-13(2)23/h9-10,13,23H,4-8,11-12H2,1-3H3,(H,20,24)/t13-/m0/s1. The Kier molecular flexibility index (Phi) is 7.81. The molecular weight excluding hydrogens is 358 g/mol. The second kappa shape index (κ2) is 9.85. The molecule has 8 heteroatoms. The first-order chi connectivity index (χ1) is 12.4. The van der Waals surface area contributed by atoms with Gasteiger partial charge in [-0.3, -0.25) is 4.90 Å². The van der Waals surface area contributed by atoms with Gasteiger partial charge in [-0.05, 0) is 31.5 Å². The minimum atomic E-state index is -0.352. The lowest BCUT2D eigenvalue weighted by Gasteiger charge is -2.35. The molecule has 2 rings (SSSR count). The van der Waals surface area contributed by atoms with E-state index in [4.69, 9.17) is 21.1 Å². The molecule has 146 valence electrons. The Hall–Kier alpha value is -1.70. The summed E-state index contributed by atoms with van der Waals surface area (Å²) in [6.45, 7) is 7.96. The van der Waals surface area contributed by atoms with Crippen LogP contribution in [0.2, 0.25) is 5.02 Å². The highest BCUT2D eigenvalue weighted by Crippen LogP contribution is 2.36. The van der Waals surface area contributed by atoms with E-state index < -0.39 is 0 Å². The topological polar surface area (TPSA) is 74.3 Å². The molecule has 1 aliphatic rings. The zero-order valence-corrected chi connectivity index (χ0v) is 16.4. The van der Waals surface area contributed by atoms with Crippen LogP contribution in [0.3, 0.4) is 0 Å². The van der Waals surface area contributed by atoms with Gasteiger partial charge in [0.1, 0.15) is 0 Å². The summed E-state index contributed by atoms with van der Waals surface area (Å²) in [5.74, 6) is 1.07. The normalized spacial score (nSPS) is 16.3. The highest BCUT2D eigenvalue weighted by Gasteiger charge is 2.21. The van der Waals surface area contributed by atoms with Gasteiger partial charge in [-0.2, -0.15) is 0 Å². The van der Waals surface area contributed by atoms with Crippen molar-refractivity contribution < 1.29 is 19.4 Å². The number of carbonyl (C=O) groups excluding carboxylic acids is 1. The van der Waals surface area contributed by atoms with Gasteiger partial charge in [0.25, 0.3) is 0 Å². The van der Waals surface area contributed by atoms with Crippen molar-refractivity contribution in [3.63, 3.8) is 0 Å². The van der Waals surface area contributed by atoms with Crippen LogP contribution in [0.25, 0.3) is 0 Å². The molecule has 2 amide bonds. The Morgan fingerprint density at radius 2 is 2.04 bits per heavy atom. The van der Waals surface area contributed by atoms with E-state index in [1.54, 1.807) is 25.0 Å². The van der Waals surface area contributed by atoms with Crippen molar-refractivity contribution >= 4 is 17.6 Å². The summed E-state index contributed by atoms with van der Waals surface area (Å²) in [5.41, 5.74) is 0.844. The summed E-state index contributed by atoms with van der Waals surface area (Å²) < 4.78 is 10.8. The van der Waals surface area contributed by atoms with E-state index in [1.807, 2.05) is 13.0 Å². The van der Waals surface area contributed by atoms with Gasteiger partial charge in [0.15, 0.2) is 11.5 Å². The summed E-state index contributed by atoms with van der Waals surface area (Å²) >= 11 is 6.26. The third-order valence-electron chi connectivity index (χ3n) is 4.20. The molecule has 1 aromatic carbocycles. The third-order valence-corrected chi connectivity index (χ3v) is 4.48. The average molecular weight is 386 g/mol. The minimum Gasteiger partial charge on any atom is -0.493 e. The van der Waals surface area contributed by atoms with Crippen molar-refractivity contribution in [3.05, 3.63) is 22.7 Å². The van der Waals surface area contributed by atoms with E-state index in [9.17, 15) is 9.90 Å². The van der Waals surface area contributed by atoms with Gasteiger partial charge in [0.05, 0.1) is 24.8 Å². The summed E-state index contributed by atoms with van der Waals surface area (Å²) in [6, 6.07) is 3.49. The smallest absolute Gasteiger partial charge is 0.317 e. The fourth-order valence-corrected chi connectivity index (χ4v) is 3.24. The molecule has 2 N–H and O–H groups in total. The molecule has 26 heavy (non-hydrogen) atoms. The number of aliphatic hydroxyl groups is 1. The number of nitrogens with zero attached hydrogens (tertiary/aromatic N) is 2. The summed E-state index contributed by atoms with van der Waals surface area (Å²) in [4.78, 5) is 16.3. The van der Waals surface area contributed by atoms with E-state index in [0.717, 1.165) is 18.7 Å². The molecule has 7 nitrogen and oxygen atoms in total. The van der Waals surface area contributed by atoms with Crippen molar-refractivity contribution in [3.8, 4) is 11.5 Å². The van der Waals surface area contributed by atoms with Gasteiger partial charge in [0, 0.05) is 39.3 Å². The zero-order chi connectivity index (χ0) is 19.1. The molecule has 0 radical (unpaired) electrons. The minimum absolute atomic E-state index is 0.106. The number of rotatable bonds is 7. The number of nitrogens with one attached hydrogen (secondary N) is 1. The van der Waals surface area contributed by atoms with Crippen molar-refractivity contribution in [1.29, 1.82) is 0 Å². The van der Waals surface area contributed by atoms with Crippen molar-refractivity contribution in [1.82, 2.24) is 15.1 Å². The molecule has 0 aromatic heterocycles. The van der Waals surface area contributed by atoms with Gasteiger partial charge < -0.3 is 24.8 Å². The van der Waals surface area contributed by atoms with Crippen LogP contribution < -0.4 is 14.8 Å². The van der Waals surface area contributed by atoms with Crippen LogP contribution in [0.5, 0.6) is 11.5 Å². The Bertz CT molecular complexity index is 604. The number of ether oxygens (including phenoxy) is 2. The predicted molar refractivity (Wildman–Crippen MR) is 101 cm³/mol. The highest BCUT2D eigenvalue weighted by molar-refractivity contribution is 6.32. The lowest BCUT2D eigenvalue weighted by atomic mass is 10.2. The first-order valence-corrected chi connectivity index (χ1v) is 9.24. The van der Waals surface area contributed by atoms with Gasteiger partial charge in [0.2, 0.25) is 0 Å². The maximum atomic E-state index is 12.4. The van der Waals surface area contributed by atoms with Crippen LogP contribution >= 0.6 is 11.6 Å². The fourth-order valence-electron chi connectivity index (χ4n) is 2.96. The monoisotopic (exact) mass is 385 g/mol. The number of aliphatic hydroxyl groups excluding tert-OH is 1. The Labute approximate surface area is 159 Å². The molecule has 1 fully saturated rings. The number of methoxy groups -OCH3 is 1. The van der Waals surface area contributed by atoms with E-state index in [-0.39, 0.29) is 12.1 Å². The number of carbonyl (C=O) groups is 1. The van der Waals surface area contributed by atoms with Gasteiger partial charge in [-0.15, -0.1) is 0 Å². The highest BCUT2D eigenvalue weighted by atomic mass is 35.5. The number of halogens is 1. The second-order valence-electron chi connectivity index (χ2n) is 6.34. The molecular formula is C18H28ClN3O4. The molecule has 0 aliphatic carbocycles. The van der Waals surface area contributed by atoms with E-state index in [1.165, 1.54) is 0 Å². The largest absolute Gasteiger partial charge is 0.493 e. The first kappa shape index (κ1) is 20.6. The van der Waals surface area contributed by atoms with Crippen LogP contribution in [0.15, 0.2) is 12.1 Å². The number of hydrogen-bond donors (Lipinski definition) is 2. The molecule has 1 aromatic rings. The molecule has 1 saturated heterocycles. The number of urea groups is 1. The first-order valence-electron chi connectivity index (χ1n) is 8.87. The van der Waals surface area contributed by atoms with Crippen LogP contribution in [0.4, 0.5) is 4.79 Å². The number of amides is 2. The average Bonchev–Trinajstić information content (AvgIpc) is 2.61. The molecule has 0 unspecified atom stereocenters. The molecule has 1 atom stereocenters. The zero-order valence-electron chi connectivity index (χ0n) is 15.6. The SMILES string of the molecule is CCOc1c(Cl)cc(CNC(=O)N2CCN(C[C@H](C)O)CC2)cc1OC. The quantitative estimate of drug-likeness (QED) is 0.750. The van der Waals surface area contributed by atoms with Crippen molar-refractivity contribution in [2.45, 2.75) is 26.5 Å². The van der Waals surface area contributed by atoms with Crippen LogP contribution in [-0.2, 0) is 6.54 Å². The summed E-state index contributed by atoms with van der Waals surface area (Å²) in [6.07, 6.45) is -0.352. The maximum absolute atomic E-state index is 12.4. The summed E-state index contributed by atoms with van der Waals surface area (Å²) in [5, 5.41) is 12.8. The van der Waals surface area contributed by atoms with Gasteiger partial charge in [-0.25, -0.2) is 4.79 Å². The number of benzene rings is 1. The van der Waals surface area contributed by atoms with Gasteiger partial charge in [-0.1, -0.05) is 11.6 Å². The number of hydrogen-bond acceptors (Lipinski definition) is 5. The lowest BCUT2D eigenvalue weighted by Crippen LogP contribution is -2.52. The molecule has 0 saturated carbocycles. The second-order valence-corrected chi connectivity index (χ2v) is 6.74. The lowest BCUT2D eigenvalue weighted by molar-refractivity contribution is 0.0897. The van der Waals surface area contributed by atoms with E-state index >= 15 is 0 Å². The molecule has 0 spiro atoms. The molecule has 0 bridgehead atoms. The molecule has 1 aliphatic heterocycles. The maximum Gasteiger partial charge on any atom is 0.317 e.